The summed E-state index contributed by atoms with van der Waals surface area (Å²) < 4.78 is 0. The third kappa shape index (κ3) is 7.98. The first-order valence-corrected chi connectivity index (χ1v) is 13.6. The lowest BCUT2D eigenvalue weighted by atomic mass is 9.82. The first-order valence-electron chi connectivity index (χ1n) is 13.6. The van der Waals surface area contributed by atoms with Crippen LogP contribution < -0.4 is 5.32 Å². The Kier molecular flexibility index (Phi) is 9.46. The van der Waals surface area contributed by atoms with Gasteiger partial charge < -0.3 is 10.4 Å². The number of aliphatic carboxylic acids is 1. The predicted molar refractivity (Wildman–Crippen MR) is 157 cm³/mol. The van der Waals surface area contributed by atoms with Gasteiger partial charge >= 0.3 is 5.97 Å². The van der Waals surface area contributed by atoms with Gasteiger partial charge in [0.25, 0.3) is 5.91 Å². The van der Waals surface area contributed by atoms with E-state index in [1.807, 2.05) is 48.5 Å². The lowest BCUT2D eigenvalue weighted by Gasteiger charge is -2.21. The fourth-order valence-electron chi connectivity index (χ4n) is 4.41. The standard InChI is InChI=1S/C34H39NO5/c1-33(2,3)26-15-11-23(12-16-26)29(36)21-28(31(39)24-13-17-27(18-14-24)34(4,5)6)22-7-9-25(10-8-22)32(40)35-20-19-30(37)38/h7-18,28H,19-21H2,1-6H3,(H,35,40)(H,37,38). The Labute approximate surface area is 236 Å². The fourth-order valence-corrected chi connectivity index (χ4v) is 4.41. The van der Waals surface area contributed by atoms with Crippen LogP contribution in [0.4, 0.5) is 0 Å². The van der Waals surface area contributed by atoms with E-state index in [4.69, 9.17) is 5.11 Å². The third-order valence-electron chi connectivity index (χ3n) is 7.01. The number of carboxylic acids is 1. The van der Waals surface area contributed by atoms with Crippen LogP contribution in [0, 0.1) is 0 Å². The Morgan fingerprint density at radius 1 is 0.675 bits per heavy atom. The van der Waals surface area contributed by atoms with Gasteiger partial charge in [-0.05, 0) is 39.7 Å². The summed E-state index contributed by atoms with van der Waals surface area (Å²) in [5.74, 6) is -2.44. The average molecular weight is 542 g/mol. The molecule has 2 N–H and O–H groups in total. The summed E-state index contributed by atoms with van der Waals surface area (Å²) in [7, 11) is 0. The summed E-state index contributed by atoms with van der Waals surface area (Å²) in [5, 5.41) is 11.4. The summed E-state index contributed by atoms with van der Waals surface area (Å²) in [6, 6.07) is 21.6. The minimum atomic E-state index is -0.995. The Balaban J connectivity index is 1.89. The molecular formula is C34H39NO5. The Morgan fingerprint density at radius 2 is 1.12 bits per heavy atom. The molecule has 6 heteroatoms. The molecule has 0 saturated carbocycles. The van der Waals surface area contributed by atoms with Crippen LogP contribution in [0.1, 0.15) is 108 Å². The van der Waals surface area contributed by atoms with E-state index in [9.17, 15) is 19.2 Å². The molecule has 210 valence electrons. The number of benzene rings is 3. The number of carboxylic acid groups (broad SMARTS) is 1. The molecule has 40 heavy (non-hydrogen) atoms. The van der Waals surface area contributed by atoms with Crippen molar-refractivity contribution in [1.29, 1.82) is 0 Å². The Hall–Kier alpha value is -4.06. The van der Waals surface area contributed by atoms with Crippen molar-refractivity contribution < 1.29 is 24.3 Å². The summed E-state index contributed by atoms with van der Waals surface area (Å²) in [6.07, 6.45) is -0.188. The van der Waals surface area contributed by atoms with Gasteiger partial charge in [-0.2, -0.15) is 0 Å². The highest BCUT2D eigenvalue weighted by Crippen LogP contribution is 2.29. The smallest absolute Gasteiger partial charge is 0.305 e. The predicted octanol–water partition coefficient (Wildman–Crippen LogP) is 6.73. The van der Waals surface area contributed by atoms with E-state index in [1.54, 1.807) is 24.3 Å². The van der Waals surface area contributed by atoms with Gasteiger partial charge in [-0.15, -0.1) is 0 Å². The number of carbonyl (C=O) groups is 4. The largest absolute Gasteiger partial charge is 0.481 e. The number of hydrogen-bond donors (Lipinski definition) is 2. The molecule has 6 nitrogen and oxygen atoms in total. The number of carbonyl (C=O) groups excluding carboxylic acids is 3. The lowest BCUT2D eigenvalue weighted by molar-refractivity contribution is -0.136. The minimum Gasteiger partial charge on any atom is -0.481 e. The SMILES string of the molecule is CC(C)(C)c1ccc(C(=O)CC(C(=O)c2ccc(C(C)(C)C)cc2)c2ccc(C(=O)NCCC(=O)O)cc2)cc1. The first-order chi connectivity index (χ1) is 18.7. The van der Waals surface area contributed by atoms with Crippen LogP contribution in [0.15, 0.2) is 72.8 Å². The zero-order valence-corrected chi connectivity index (χ0v) is 24.2. The monoisotopic (exact) mass is 541 g/mol. The van der Waals surface area contributed by atoms with Crippen molar-refractivity contribution in [1.82, 2.24) is 5.32 Å². The molecule has 0 aromatic heterocycles. The highest BCUT2D eigenvalue weighted by atomic mass is 16.4. The van der Waals surface area contributed by atoms with Crippen molar-refractivity contribution in [2.24, 2.45) is 0 Å². The van der Waals surface area contributed by atoms with Gasteiger partial charge in [0.1, 0.15) is 0 Å². The summed E-state index contributed by atoms with van der Waals surface area (Å²) in [6.45, 7) is 12.7. The second kappa shape index (κ2) is 12.4. The van der Waals surface area contributed by atoms with Crippen molar-refractivity contribution >= 4 is 23.4 Å². The van der Waals surface area contributed by atoms with E-state index >= 15 is 0 Å². The molecule has 1 amide bonds. The zero-order chi connectivity index (χ0) is 29.7. The molecule has 0 bridgehead atoms. The van der Waals surface area contributed by atoms with Crippen molar-refractivity contribution in [2.45, 2.75) is 71.1 Å². The van der Waals surface area contributed by atoms with E-state index in [1.165, 1.54) is 0 Å². The van der Waals surface area contributed by atoms with Crippen LogP contribution in [0.25, 0.3) is 0 Å². The number of hydrogen-bond acceptors (Lipinski definition) is 4. The highest BCUT2D eigenvalue weighted by molar-refractivity contribution is 6.06. The van der Waals surface area contributed by atoms with Crippen LogP contribution in [-0.2, 0) is 15.6 Å². The molecule has 0 spiro atoms. The van der Waals surface area contributed by atoms with Crippen LogP contribution in [-0.4, -0.2) is 35.1 Å². The van der Waals surface area contributed by atoms with Gasteiger partial charge in [0.15, 0.2) is 11.6 Å². The van der Waals surface area contributed by atoms with Crippen LogP contribution in [0.2, 0.25) is 0 Å². The third-order valence-corrected chi connectivity index (χ3v) is 7.01. The van der Waals surface area contributed by atoms with Crippen molar-refractivity contribution in [3.05, 3.63) is 106 Å². The Morgan fingerprint density at radius 3 is 1.57 bits per heavy atom. The number of nitrogens with one attached hydrogen (secondary N) is 1. The van der Waals surface area contributed by atoms with Crippen molar-refractivity contribution in [3.63, 3.8) is 0 Å². The number of ketones is 2. The second-order valence-electron chi connectivity index (χ2n) is 12.2. The van der Waals surface area contributed by atoms with E-state index in [0.717, 1.165) is 11.1 Å². The molecule has 1 atom stereocenters. The molecule has 3 rings (SSSR count). The molecule has 3 aromatic rings. The van der Waals surface area contributed by atoms with Gasteiger partial charge in [0.05, 0.1) is 12.3 Å². The van der Waals surface area contributed by atoms with Crippen LogP contribution >= 0.6 is 0 Å². The number of rotatable bonds is 10. The zero-order valence-electron chi connectivity index (χ0n) is 24.2. The summed E-state index contributed by atoms with van der Waals surface area (Å²) in [5.41, 5.74) is 4.16. The van der Waals surface area contributed by atoms with E-state index in [0.29, 0.717) is 22.3 Å². The summed E-state index contributed by atoms with van der Waals surface area (Å²) >= 11 is 0. The maximum atomic E-state index is 13.8. The molecule has 3 aromatic carbocycles. The summed E-state index contributed by atoms with van der Waals surface area (Å²) in [4.78, 5) is 50.3. The van der Waals surface area contributed by atoms with Gasteiger partial charge in [-0.3, -0.25) is 19.2 Å². The molecule has 0 aliphatic rings. The van der Waals surface area contributed by atoms with Crippen LogP contribution in [0.3, 0.4) is 0 Å². The molecule has 0 saturated heterocycles. The number of amides is 1. The van der Waals surface area contributed by atoms with E-state index < -0.39 is 17.8 Å². The normalized spacial score (nSPS) is 12.4. The second-order valence-corrected chi connectivity index (χ2v) is 12.2. The van der Waals surface area contributed by atoms with Crippen molar-refractivity contribution in [3.8, 4) is 0 Å². The molecule has 0 aliphatic heterocycles. The van der Waals surface area contributed by atoms with E-state index in [-0.39, 0.29) is 41.8 Å². The highest BCUT2D eigenvalue weighted by Gasteiger charge is 2.27. The molecule has 0 heterocycles. The maximum absolute atomic E-state index is 13.8. The molecule has 0 radical (unpaired) electrons. The lowest BCUT2D eigenvalue weighted by Crippen LogP contribution is -2.26. The Bertz CT molecular complexity index is 1360. The number of Topliss-reactive ketones (excluding diaryl/α,β-unsaturated/α-hetero) is 2. The molecule has 0 fully saturated rings. The van der Waals surface area contributed by atoms with Crippen molar-refractivity contribution in [2.75, 3.05) is 6.54 Å². The van der Waals surface area contributed by atoms with E-state index in [2.05, 4.69) is 46.9 Å². The first kappa shape index (κ1) is 30.5. The minimum absolute atomic E-state index is 0.0150. The molecular weight excluding hydrogens is 502 g/mol. The quantitative estimate of drug-likeness (QED) is 0.277. The molecule has 1 unspecified atom stereocenters. The average Bonchev–Trinajstić information content (AvgIpc) is 2.90. The van der Waals surface area contributed by atoms with Gasteiger partial charge in [0.2, 0.25) is 0 Å². The topological polar surface area (TPSA) is 101 Å². The van der Waals surface area contributed by atoms with Crippen LogP contribution in [0.5, 0.6) is 0 Å². The van der Waals surface area contributed by atoms with Gasteiger partial charge in [-0.1, -0.05) is 102 Å². The molecule has 0 aliphatic carbocycles. The van der Waals surface area contributed by atoms with Gasteiger partial charge in [0, 0.05) is 29.7 Å². The maximum Gasteiger partial charge on any atom is 0.305 e. The van der Waals surface area contributed by atoms with Gasteiger partial charge in [-0.25, -0.2) is 0 Å². The fraction of sp³-hybridized carbons (Fsp3) is 0.353.